The molecule has 0 saturated carbocycles. The Hall–Kier alpha value is -3.15. The molecule has 0 radical (unpaired) electrons. The van der Waals surface area contributed by atoms with E-state index in [-0.39, 0.29) is 6.61 Å². The summed E-state index contributed by atoms with van der Waals surface area (Å²) in [5.41, 5.74) is 6.65. The molecule has 5 heteroatoms. The molecule has 1 aliphatic heterocycles. The maximum absolute atomic E-state index is 8.83. The number of hydrogen-bond acceptors (Lipinski definition) is 5. The number of aliphatic hydroxyl groups excluding tert-OH is 1. The van der Waals surface area contributed by atoms with E-state index in [1.54, 1.807) is 0 Å². The van der Waals surface area contributed by atoms with Crippen molar-refractivity contribution in [3.63, 3.8) is 0 Å². The maximum atomic E-state index is 8.83. The molecule has 5 nitrogen and oxygen atoms in total. The standard InChI is InChI=1S/C25H26N2O3/c1-18-20(6-9-22-8-5-19(17-27-22)16-26-11-12-28)3-2-4-23(18)21-7-10-24-25(15-21)30-14-13-29-24/h2-10,15,17,26,28H,11-14,16H2,1H3. The molecule has 1 aromatic heterocycles. The van der Waals surface area contributed by atoms with Crippen LogP contribution < -0.4 is 14.8 Å². The Labute approximate surface area is 177 Å². The summed E-state index contributed by atoms with van der Waals surface area (Å²) in [4.78, 5) is 4.51. The number of nitrogens with zero attached hydrogens (tertiary/aromatic N) is 1. The Morgan fingerprint density at radius 3 is 2.70 bits per heavy atom. The molecule has 0 aliphatic carbocycles. The highest BCUT2D eigenvalue weighted by atomic mass is 16.6. The van der Waals surface area contributed by atoms with Crippen LogP contribution in [0.25, 0.3) is 23.3 Å². The van der Waals surface area contributed by atoms with Crippen molar-refractivity contribution in [3.8, 4) is 22.6 Å². The van der Waals surface area contributed by atoms with Crippen molar-refractivity contribution in [1.29, 1.82) is 0 Å². The second-order valence-corrected chi connectivity index (χ2v) is 7.20. The molecular formula is C25H26N2O3. The van der Waals surface area contributed by atoms with Crippen molar-refractivity contribution in [1.82, 2.24) is 10.3 Å². The number of nitrogens with one attached hydrogen (secondary N) is 1. The van der Waals surface area contributed by atoms with Crippen LogP contribution in [-0.2, 0) is 6.54 Å². The minimum absolute atomic E-state index is 0.138. The second-order valence-electron chi connectivity index (χ2n) is 7.20. The number of hydrogen-bond donors (Lipinski definition) is 2. The van der Waals surface area contributed by atoms with Crippen molar-refractivity contribution in [3.05, 3.63) is 77.1 Å². The van der Waals surface area contributed by atoms with Gasteiger partial charge in [0.2, 0.25) is 0 Å². The molecule has 0 spiro atoms. The first-order valence-electron chi connectivity index (χ1n) is 10.2. The van der Waals surface area contributed by atoms with Crippen LogP contribution in [0.3, 0.4) is 0 Å². The zero-order valence-corrected chi connectivity index (χ0v) is 17.1. The summed E-state index contributed by atoms with van der Waals surface area (Å²) in [6.07, 6.45) is 5.99. The lowest BCUT2D eigenvalue weighted by Crippen LogP contribution is -2.17. The Morgan fingerprint density at radius 1 is 1.03 bits per heavy atom. The van der Waals surface area contributed by atoms with E-state index >= 15 is 0 Å². The molecule has 2 N–H and O–H groups in total. The molecule has 0 saturated heterocycles. The molecule has 0 bridgehead atoms. The summed E-state index contributed by atoms with van der Waals surface area (Å²) in [6.45, 7) is 4.74. The van der Waals surface area contributed by atoms with Crippen molar-refractivity contribution in [2.24, 2.45) is 0 Å². The number of fused-ring (bicyclic) bond motifs is 1. The maximum Gasteiger partial charge on any atom is 0.161 e. The minimum Gasteiger partial charge on any atom is -0.486 e. The van der Waals surface area contributed by atoms with Gasteiger partial charge < -0.3 is 19.9 Å². The van der Waals surface area contributed by atoms with Gasteiger partial charge >= 0.3 is 0 Å². The molecule has 0 amide bonds. The minimum atomic E-state index is 0.138. The highest BCUT2D eigenvalue weighted by molar-refractivity contribution is 5.77. The van der Waals surface area contributed by atoms with Crippen LogP contribution in [0.15, 0.2) is 54.7 Å². The summed E-state index contributed by atoms with van der Waals surface area (Å²) in [5, 5.41) is 12.0. The van der Waals surface area contributed by atoms with Crippen molar-refractivity contribution in [2.75, 3.05) is 26.4 Å². The van der Waals surface area contributed by atoms with Gasteiger partial charge in [0.1, 0.15) is 13.2 Å². The number of rotatable bonds is 7. The van der Waals surface area contributed by atoms with Gasteiger partial charge in [-0.05, 0) is 59.0 Å². The van der Waals surface area contributed by atoms with Gasteiger partial charge in [-0.2, -0.15) is 0 Å². The Kier molecular flexibility index (Phi) is 6.42. The predicted octanol–water partition coefficient (Wildman–Crippen LogP) is 4.08. The molecule has 4 rings (SSSR count). The summed E-state index contributed by atoms with van der Waals surface area (Å²) < 4.78 is 11.4. The summed E-state index contributed by atoms with van der Waals surface area (Å²) in [5.74, 6) is 1.61. The Morgan fingerprint density at radius 2 is 1.90 bits per heavy atom. The van der Waals surface area contributed by atoms with Crippen LogP contribution in [0.2, 0.25) is 0 Å². The van der Waals surface area contributed by atoms with Gasteiger partial charge in [0.05, 0.1) is 12.3 Å². The smallest absolute Gasteiger partial charge is 0.161 e. The molecule has 2 heterocycles. The third-order valence-corrected chi connectivity index (χ3v) is 5.13. The van der Waals surface area contributed by atoms with Crippen LogP contribution in [0.5, 0.6) is 11.5 Å². The van der Waals surface area contributed by atoms with Crippen LogP contribution in [0, 0.1) is 6.92 Å². The fourth-order valence-corrected chi connectivity index (χ4v) is 3.48. The largest absolute Gasteiger partial charge is 0.486 e. The lowest BCUT2D eigenvalue weighted by atomic mass is 9.95. The molecule has 3 aromatic rings. The first-order valence-corrected chi connectivity index (χ1v) is 10.2. The van der Waals surface area contributed by atoms with Gasteiger partial charge in [-0.15, -0.1) is 0 Å². The first kappa shape index (κ1) is 20.1. The van der Waals surface area contributed by atoms with E-state index in [1.165, 1.54) is 11.1 Å². The second kappa shape index (κ2) is 9.57. The topological polar surface area (TPSA) is 63.6 Å². The number of benzene rings is 2. The first-order chi connectivity index (χ1) is 14.7. The van der Waals surface area contributed by atoms with Crippen molar-refractivity contribution >= 4 is 12.2 Å². The van der Waals surface area contributed by atoms with E-state index in [0.29, 0.717) is 26.3 Å². The van der Waals surface area contributed by atoms with Crippen molar-refractivity contribution < 1.29 is 14.6 Å². The van der Waals surface area contributed by atoms with E-state index < -0.39 is 0 Å². The molecule has 0 fully saturated rings. The van der Waals surface area contributed by atoms with Crippen molar-refractivity contribution in [2.45, 2.75) is 13.5 Å². The highest BCUT2D eigenvalue weighted by Gasteiger charge is 2.13. The molecule has 154 valence electrons. The zero-order chi connectivity index (χ0) is 20.8. The molecule has 2 aromatic carbocycles. The van der Waals surface area contributed by atoms with Gasteiger partial charge in [0.25, 0.3) is 0 Å². The number of aliphatic hydroxyl groups is 1. The van der Waals surface area contributed by atoms with E-state index in [4.69, 9.17) is 14.6 Å². The summed E-state index contributed by atoms with van der Waals surface area (Å²) >= 11 is 0. The number of ether oxygens (including phenoxy) is 2. The molecule has 0 unspecified atom stereocenters. The summed E-state index contributed by atoms with van der Waals surface area (Å²) in [6, 6.07) is 16.5. The zero-order valence-electron chi connectivity index (χ0n) is 17.1. The fraction of sp³-hybridized carbons (Fsp3) is 0.240. The van der Waals surface area contributed by atoms with E-state index in [2.05, 4.69) is 59.7 Å². The van der Waals surface area contributed by atoms with Crippen LogP contribution in [0.4, 0.5) is 0 Å². The fourth-order valence-electron chi connectivity index (χ4n) is 3.48. The van der Waals surface area contributed by atoms with Gasteiger partial charge in [0.15, 0.2) is 11.5 Å². The average Bonchev–Trinajstić information content (AvgIpc) is 2.79. The lowest BCUT2D eigenvalue weighted by Gasteiger charge is -2.19. The quantitative estimate of drug-likeness (QED) is 0.583. The van der Waals surface area contributed by atoms with Crippen LogP contribution >= 0.6 is 0 Å². The normalized spacial score (nSPS) is 13.0. The van der Waals surface area contributed by atoms with Crippen LogP contribution in [0.1, 0.15) is 22.4 Å². The average molecular weight is 402 g/mol. The molecule has 30 heavy (non-hydrogen) atoms. The molecule has 1 aliphatic rings. The predicted molar refractivity (Wildman–Crippen MR) is 120 cm³/mol. The summed E-state index contributed by atoms with van der Waals surface area (Å²) in [7, 11) is 0. The van der Waals surface area contributed by atoms with E-state index in [1.807, 2.05) is 24.4 Å². The monoisotopic (exact) mass is 402 g/mol. The van der Waals surface area contributed by atoms with Crippen LogP contribution in [-0.4, -0.2) is 36.5 Å². The van der Waals surface area contributed by atoms with Gasteiger partial charge in [0, 0.05) is 19.3 Å². The lowest BCUT2D eigenvalue weighted by molar-refractivity contribution is 0.171. The number of aromatic nitrogens is 1. The third kappa shape index (κ3) is 4.70. The van der Waals surface area contributed by atoms with Gasteiger partial charge in [-0.25, -0.2) is 0 Å². The van der Waals surface area contributed by atoms with E-state index in [9.17, 15) is 0 Å². The Balaban J connectivity index is 1.52. The third-order valence-electron chi connectivity index (χ3n) is 5.13. The van der Waals surface area contributed by atoms with Gasteiger partial charge in [-0.3, -0.25) is 4.98 Å². The molecule has 0 atom stereocenters. The Bertz CT molecular complexity index is 1030. The van der Waals surface area contributed by atoms with Gasteiger partial charge in [-0.1, -0.05) is 36.4 Å². The van der Waals surface area contributed by atoms with E-state index in [0.717, 1.165) is 33.9 Å². The molecular weight excluding hydrogens is 376 g/mol. The number of pyridine rings is 1. The highest BCUT2D eigenvalue weighted by Crippen LogP contribution is 2.36. The SMILES string of the molecule is Cc1c(C=Cc2ccc(CNCCO)cn2)cccc1-c1ccc2c(c1)OCCO2.